The summed E-state index contributed by atoms with van der Waals surface area (Å²) in [5, 5.41) is 18.2. The van der Waals surface area contributed by atoms with Gasteiger partial charge in [0.1, 0.15) is 0 Å². The van der Waals surface area contributed by atoms with E-state index in [9.17, 15) is 9.90 Å². The number of rotatable bonds is 8. The van der Waals surface area contributed by atoms with Gasteiger partial charge in [0, 0.05) is 44.0 Å². The summed E-state index contributed by atoms with van der Waals surface area (Å²) in [6, 6.07) is 14.1. The largest absolute Gasteiger partial charge is 0.375 e. The first-order valence-electron chi connectivity index (χ1n) is 12.1. The lowest BCUT2D eigenvalue weighted by Crippen LogP contribution is -2.52. The van der Waals surface area contributed by atoms with Gasteiger partial charge in [0.25, 0.3) is 5.91 Å². The minimum Gasteiger partial charge on any atom is -0.375 e. The number of nitrogens with one attached hydrogen (secondary N) is 2. The molecule has 1 saturated heterocycles. The number of hydrogen-bond acceptors (Lipinski definition) is 5. The van der Waals surface area contributed by atoms with Gasteiger partial charge in [-0.05, 0) is 47.9 Å². The predicted octanol–water partition coefficient (Wildman–Crippen LogP) is 2.64. The van der Waals surface area contributed by atoms with Gasteiger partial charge in [-0.1, -0.05) is 49.6 Å². The maximum absolute atomic E-state index is 13.3. The van der Waals surface area contributed by atoms with E-state index in [1.165, 1.54) is 12.0 Å². The van der Waals surface area contributed by atoms with E-state index in [-0.39, 0.29) is 11.8 Å². The average molecular weight is 435 g/mol. The van der Waals surface area contributed by atoms with Crippen LogP contribution < -0.4 is 10.6 Å². The Morgan fingerprint density at radius 3 is 2.41 bits per heavy atom. The highest BCUT2D eigenvalue weighted by molar-refractivity contribution is 5.86. The molecule has 1 aromatic heterocycles. The molecule has 6 nitrogen and oxygen atoms in total. The second-order valence-electron chi connectivity index (χ2n) is 9.76. The zero-order chi connectivity index (χ0) is 22.0. The Labute approximate surface area is 190 Å². The van der Waals surface area contributed by atoms with Crippen molar-refractivity contribution in [2.75, 3.05) is 19.8 Å². The van der Waals surface area contributed by atoms with Gasteiger partial charge in [0.15, 0.2) is 5.60 Å². The minimum absolute atomic E-state index is 0.0271. The molecule has 3 aliphatic rings. The lowest BCUT2D eigenvalue weighted by atomic mass is 9.73. The molecular formula is C26H34N4O2. The number of aliphatic hydroxyl groups is 1. The van der Waals surface area contributed by atoms with Gasteiger partial charge in [-0.2, -0.15) is 0 Å². The highest BCUT2D eigenvalue weighted by Crippen LogP contribution is 2.45. The van der Waals surface area contributed by atoms with Crippen LogP contribution >= 0.6 is 0 Å². The molecule has 6 heteroatoms. The first kappa shape index (κ1) is 21.6. The fraction of sp³-hybridized carbons (Fsp3) is 0.538. The van der Waals surface area contributed by atoms with Crippen molar-refractivity contribution in [2.45, 2.75) is 50.3 Å². The molecule has 2 heterocycles. The number of fused-ring (bicyclic) bond motifs is 1. The number of benzene rings is 1. The number of likely N-dealkylation sites (tertiary alicyclic amines) is 1. The molecule has 3 N–H and O–H groups in total. The second-order valence-corrected chi connectivity index (χ2v) is 9.76. The van der Waals surface area contributed by atoms with E-state index >= 15 is 0 Å². The van der Waals surface area contributed by atoms with Crippen molar-refractivity contribution >= 4 is 5.91 Å². The van der Waals surface area contributed by atoms with E-state index in [0.717, 1.165) is 45.3 Å². The maximum atomic E-state index is 13.3. The number of carbonyl (C=O) groups excluding carboxylic acids is 1. The van der Waals surface area contributed by atoms with Gasteiger partial charge in [0.05, 0.1) is 6.67 Å². The Balaban J connectivity index is 1.13. The number of piperidine rings is 1. The minimum atomic E-state index is -1.45. The summed E-state index contributed by atoms with van der Waals surface area (Å²) >= 11 is 0. The van der Waals surface area contributed by atoms with E-state index in [1.54, 1.807) is 0 Å². The molecule has 0 bridgehead atoms. The molecule has 170 valence electrons. The SMILES string of the molecule is O=C(NCNC1[C@H]2CN(Cc3ccncc3)C[C@@H]12)C(O)(c1ccccc1)C1CCCCC1. The number of carbonyl (C=O) groups is 1. The summed E-state index contributed by atoms with van der Waals surface area (Å²) in [7, 11) is 0. The van der Waals surface area contributed by atoms with Crippen molar-refractivity contribution in [3.05, 3.63) is 66.0 Å². The highest BCUT2D eigenvalue weighted by atomic mass is 16.3. The summed E-state index contributed by atoms with van der Waals surface area (Å²) < 4.78 is 0. The molecule has 1 aliphatic heterocycles. The molecule has 2 saturated carbocycles. The molecule has 1 aromatic carbocycles. The molecule has 1 amide bonds. The van der Waals surface area contributed by atoms with E-state index in [1.807, 2.05) is 42.7 Å². The molecule has 2 aliphatic carbocycles. The Morgan fingerprint density at radius 2 is 1.72 bits per heavy atom. The molecule has 32 heavy (non-hydrogen) atoms. The van der Waals surface area contributed by atoms with Crippen molar-refractivity contribution in [3.63, 3.8) is 0 Å². The highest BCUT2D eigenvalue weighted by Gasteiger charge is 2.55. The van der Waals surface area contributed by atoms with Gasteiger partial charge < -0.3 is 10.4 Å². The first-order chi connectivity index (χ1) is 15.7. The van der Waals surface area contributed by atoms with Crippen LogP contribution in [0.15, 0.2) is 54.9 Å². The third-order valence-corrected chi connectivity index (χ3v) is 7.77. The van der Waals surface area contributed by atoms with Crippen LogP contribution in [-0.2, 0) is 16.9 Å². The first-order valence-corrected chi connectivity index (χ1v) is 12.1. The third kappa shape index (κ3) is 4.32. The van der Waals surface area contributed by atoms with Crippen LogP contribution in [0, 0.1) is 17.8 Å². The fourth-order valence-corrected chi connectivity index (χ4v) is 5.94. The van der Waals surface area contributed by atoms with Crippen LogP contribution in [0.25, 0.3) is 0 Å². The molecule has 3 fully saturated rings. The van der Waals surface area contributed by atoms with Crippen LogP contribution in [0.5, 0.6) is 0 Å². The van der Waals surface area contributed by atoms with Crippen LogP contribution in [0.2, 0.25) is 0 Å². The van der Waals surface area contributed by atoms with Gasteiger partial charge in [-0.25, -0.2) is 0 Å². The topological polar surface area (TPSA) is 77.5 Å². The molecule has 2 unspecified atom stereocenters. The Bertz CT molecular complexity index is 891. The zero-order valence-electron chi connectivity index (χ0n) is 18.6. The second kappa shape index (κ2) is 9.30. The van der Waals surface area contributed by atoms with E-state index < -0.39 is 5.60 Å². The number of pyridine rings is 1. The molecular weight excluding hydrogens is 400 g/mol. The standard InChI is InChI=1S/C26H34N4O2/c31-25(26(32,20-7-3-1-4-8-20)21-9-5-2-6-10-21)29-18-28-24-22-16-30(17-23(22)24)15-19-11-13-27-14-12-19/h1,3-4,7-8,11-14,21-24,28,32H,2,5-6,9-10,15-18H2,(H,29,31)/t22-,23+,24?,26?. The van der Waals surface area contributed by atoms with Crippen molar-refractivity contribution in [2.24, 2.45) is 17.8 Å². The fourth-order valence-electron chi connectivity index (χ4n) is 5.94. The normalized spacial score (nSPS) is 27.5. The Hall–Kier alpha value is -2.28. The third-order valence-electron chi connectivity index (χ3n) is 7.77. The number of nitrogens with zero attached hydrogens (tertiary/aromatic N) is 2. The smallest absolute Gasteiger partial charge is 0.257 e. The molecule has 0 radical (unpaired) electrons. The number of aromatic nitrogens is 1. The monoisotopic (exact) mass is 434 g/mol. The van der Waals surface area contributed by atoms with E-state index in [4.69, 9.17) is 0 Å². The summed E-state index contributed by atoms with van der Waals surface area (Å²) in [5.74, 6) is 1.01. The quantitative estimate of drug-likeness (QED) is 0.557. The lowest BCUT2D eigenvalue weighted by molar-refractivity contribution is -0.149. The molecule has 0 spiro atoms. The van der Waals surface area contributed by atoms with Gasteiger partial charge in [-0.3, -0.25) is 20.0 Å². The number of amides is 1. The van der Waals surface area contributed by atoms with Gasteiger partial charge >= 0.3 is 0 Å². The summed E-state index contributed by atoms with van der Waals surface area (Å²) in [6.07, 6.45) is 8.83. The van der Waals surface area contributed by atoms with Crippen LogP contribution in [0.4, 0.5) is 0 Å². The zero-order valence-corrected chi connectivity index (χ0v) is 18.6. The van der Waals surface area contributed by atoms with Crippen molar-refractivity contribution in [1.82, 2.24) is 20.5 Å². The number of hydrogen-bond donors (Lipinski definition) is 3. The lowest BCUT2D eigenvalue weighted by Gasteiger charge is -2.37. The van der Waals surface area contributed by atoms with Gasteiger partial charge in [0.2, 0.25) is 0 Å². The van der Waals surface area contributed by atoms with Gasteiger partial charge in [-0.15, -0.1) is 0 Å². The molecule has 4 atom stereocenters. The van der Waals surface area contributed by atoms with Crippen LogP contribution in [0.1, 0.15) is 43.2 Å². The van der Waals surface area contributed by atoms with E-state index in [0.29, 0.717) is 30.1 Å². The molecule has 2 aromatic rings. The molecule has 5 rings (SSSR count). The predicted molar refractivity (Wildman–Crippen MR) is 123 cm³/mol. The van der Waals surface area contributed by atoms with Crippen LogP contribution in [-0.4, -0.2) is 46.7 Å². The maximum Gasteiger partial charge on any atom is 0.257 e. The average Bonchev–Trinajstić information content (AvgIpc) is 3.30. The van der Waals surface area contributed by atoms with Crippen molar-refractivity contribution < 1.29 is 9.90 Å². The Kier molecular flexibility index (Phi) is 6.26. The summed E-state index contributed by atoms with van der Waals surface area (Å²) in [6.45, 7) is 3.57. The van der Waals surface area contributed by atoms with Crippen molar-refractivity contribution in [3.8, 4) is 0 Å². The summed E-state index contributed by atoms with van der Waals surface area (Å²) in [4.78, 5) is 19.8. The van der Waals surface area contributed by atoms with Crippen molar-refractivity contribution in [1.29, 1.82) is 0 Å². The summed E-state index contributed by atoms with van der Waals surface area (Å²) in [5.41, 5.74) is 0.560. The Morgan fingerprint density at radius 1 is 1.03 bits per heavy atom. The van der Waals surface area contributed by atoms with E-state index in [2.05, 4.69) is 32.7 Å². The van der Waals surface area contributed by atoms with Crippen LogP contribution in [0.3, 0.4) is 0 Å².